The van der Waals surface area contributed by atoms with Crippen LogP contribution in [0.2, 0.25) is 0 Å². The second-order valence-electron chi connectivity index (χ2n) is 6.38. The maximum atomic E-state index is 11.0. The lowest BCUT2D eigenvalue weighted by Crippen LogP contribution is -1.99. The van der Waals surface area contributed by atoms with E-state index in [4.69, 9.17) is 14.9 Å². The second-order valence-corrected chi connectivity index (χ2v) is 6.38. The maximum absolute atomic E-state index is 11.0. The second kappa shape index (κ2) is 9.22. The SMILES string of the molecule is N#C/C(=C/c1ccccc1OCc1ccc(C(=O)O)cc1)c1ccc(C(=O)O)cc1. The zero-order valence-corrected chi connectivity index (χ0v) is 15.8. The van der Waals surface area contributed by atoms with Gasteiger partial charge >= 0.3 is 11.9 Å². The molecule has 30 heavy (non-hydrogen) atoms. The van der Waals surface area contributed by atoms with Gasteiger partial charge in [0.1, 0.15) is 12.4 Å². The number of carboxylic acids is 2. The number of para-hydroxylation sites is 1. The quantitative estimate of drug-likeness (QED) is 0.439. The Morgan fingerprint density at radius 2 is 1.37 bits per heavy atom. The molecule has 0 radical (unpaired) electrons. The summed E-state index contributed by atoms with van der Waals surface area (Å²) in [5, 5.41) is 27.5. The molecule has 0 bridgehead atoms. The number of hydrogen-bond donors (Lipinski definition) is 2. The van der Waals surface area contributed by atoms with Crippen LogP contribution in [0.3, 0.4) is 0 Å². The molecule has 148 valence electrons. The van der Waals surface area contributed by atoms with Crippen molar-refractivity contribution >= 4 is 23.6 Å². The summed E-state index contributed by atoms with van der Waals surface area (Å²) in [7, 11) is 0. The van der Waals surface area contributed by atoms with E-state index in [-0.39, 0.29) is 17.7 Å². The van der Waals surface area contributed by atoms with E-state index in [1.54, 1.807) is 36.4 Å². The predicted octanol–water partition coefficient (Wildman–Crippen LogP) is 4.73. The molecule has 0 saturated carbocycles. The van der Waals surface area contributed by atoms with E-state index in [1.807, 2.05) is 18.2 Å². The van der Waals surface area contributed by atoms with Gasteiger partial charge in [-0.05, 0) is 47.5 Å². The summed E-state index contributed by atoms with van der Waals surface area (Å²) < 4.78 is 5.88. The van der Waals surface area contributed by atoms with Gasteiger partial charge in [0, 0.05) is 5.56 Å². The molecule has 0 heterocycles. The summed E-state index contributed by atoms with van der Waals surface area (Å²) in [6.07, 6.45) is 1.68. The van der Waals surface area contributed by atoms with Gasteiger partial charge in [-0.2, -0.15) is 5.26 Å². The minimum atomic E-state index is -1.03. The van der Waals surface area contributed by atoms with Gasteiger partial charge in [0.25, 0.3) is 0 Å². The first-order valence-electron chi connectivity index (χ1n) is 8.97. The van der Waals surface area contributed by atoms with Gasteiger partial charge in [0.15, 0.2) is 0 Å². The number of rotatable bonds is 7. The Morgan fingerprint density at radius 3 is 1.93 bits per heavy atom. The van der Waals surface area contributed by atoms with Gasteiger partial charge < -0.3 is 14.9 Å². The molecule has 0 aliphatic rings. The van der Waals surface area contributed by atoms with Crippen LogP contribution < -0.4 is 4.74 Å². The fraction of sp³-hybridized carbons (Fsp3) is 0.0417. The van der Waals surface area contributed by atoms with Gasteiger partial charge in [-0.25, -0.2) is 9.59 Å². The smallest absolute Gasteiger partial charge is 0.335 e. The minimum absolute atomic E-state index is 0.147. The molecular weight excluding hydrogens is 382 g/mol. The summed E-state index contributed by atoms with van der Waals surface area (Å²) in [6, 6.07) is 21.8. The molecule has 0 aliphatic heterocycles. The molecule has 0 spiro atoms. The summed E-state index contributed by atoms with van der Waals surface area (Å²) >= 11 is 0. The highest BCUT2D eigenvalue weighted by Crippen LogP contribution is 2.25. The number of nitrogens with zero attached hydrogens (tertiary/aromatic N) is 1. The third kappa shape index (κ3) is 4.91. The number of aromatic carboxylic acids is 2. The Balaban J connectivity index is 1.82. The van der Waals surface area contributed by atoms with Crippen molar-refractivity contribution in [3.8, 4) is 11.8 Å². The summed E-state index contributed by atoms with van der Waals surface area (Å²) in [6.45, 7) is 0.236. The van der Waals surface area contributed by atoms with Crippen LogP contribution in [0.5, 0.6) is 5.75 Å². The summed E-state index contributed by atoms with van der Waals surface area (Å²) in [5.74, 6) is -1.45. The lowest BCUT2D eigenvalue weighted by molar-refractivity contribution is 0.0686. The van der Waals surface area contributed by atoms with Crippen molar-refractivity contribution in [2.24, 2.45) is 0 Å². The highest BCUT2D eigenvalue weighted by atomic mass is 16.5. The first-order chi connectivity index (χ1) is 14.5. The van der Waals surface area contributed by atoms with E-state index in [0.29, 0.717) is 22.4 Å². The molecule has 0 saturated heterocycles. The highest BCUT2D eigenvalue weighted by Gasteiger charge is 2.08. The first kappa shape index (κ1) is 20.4. The molecule has 0 amide bonds. The zero-order valence-electron chi connectivity index (χ0n) is 15.8. The third-order valence-corrected chi connectivity index (χ3v) is 4.38. The average molecular weight is 399 g/mol. The molecule has 6 nitrogen and oxygen atoms in total. The number of ether oxygens (including phenoxy) is 1. The predicted molar refractivity (Wildman–Crippen MR) is 111 cm³/mol. The molecule has 0 unspecified atom stereocenters. The fourth-order valence-electron chi connectivity index (χ4n) is 2.76. The number of nitriles is 1. The van der Waals surface area contributed by atoms with E-state index in [1.165, 1.54) is 24.3 Å². The Labute approximate surface area is 172 Å². The molecule has 3 rings (SSSR count). The molecule has 3 aromatic carbocycles. The van der Waals surface area contributed by atoms with Crippen LogP contribution >= 0.6 is 0 Å². The monoisotopic (exact) mass is 399 g/mol. The summed E-state index contributed by atoms with van der Waals surface area (Å²) in [5.41, 5.74) is 2.82. The van der Waals surface area contributed by atoms with Crippen molar-refractivity contribution in [1.82, 2.24) is 0 Å². The number of allylic oxidation sites excluding steroid dienone is 1. The normalized spacial score (nSPS) is 10.8. The van der Waals surface area contributed by atoms with Gasteiger partial charge in [-0.15, -0.1) is 0 Å². The fourth-order valence-corrected chi connectivity index (χ4v) is 2.76. The van der Waals surface area contributed by atoms with Crippen LogP contribution in [0.25, 0.3) is 11.6 Å². The summed E-state index contributed by atoms with van der Waals surface area (Å²) in [4.78, 5) is 21.9. The lowest BCUT2D eigenvalue weighted by Gasteiger charge is -2.10. The molecular formula is C24H17NO5. The van der Waals surface area contributed by atoms with Crippen LogP contribution in [-0.4, -0.2) is 22.2 Å². The highest BCUT2D eigenvalue weighted by molar-refractivity contribution is 5.92. The standard InChI is InChI=1S/C24H17NO5/c25-14-21(17-9-11-19(12-10-17)24(28)29)13-20-3-1-2-4-22(20)30-15-16-5-7-18(8-6-16)23(26)27/h1-13H,15H2,(H,26,27)(H,28,29)/b21-13-. The number of carbonyl (C=O) groups is 2. The van der Waals surface area contributed by atoms with Crippen LogP contribution in [0.1, 0.15) is 37.4 Å². The van der Waals surface area contributed by atoms with E-state index in [0.717, 1.165) is 5.56 Å². The molecule has 2 N–H and O–H groups in total. The molecule has 0 fully saturated rings. The van der Waals surface area contributed by atoms with E-state index in [9.17, 15) is 14.9 Å². The zero-order chi connectivity index (χ0) is 21.5. The molecule has 3 aromatic rings. The van der Waals surface area contributed by atoms with Crippen molar-refractivity contribution in [3.05, 3.63) is 101 Å². The van der Waals surface area contributed by atoms with Gasteiger partial charge in [0.2, 0.25) is 0 Å². The van der Waals surface area contributed by atoms with E-state index >= 15 is 0 Å². The Kier molecular flexibility index (Phi) is 6.26. The first-order valence-corrected chi connectivity index (χ1v) is 8.97. The minimum Gasteiger partial charge on any atom is -0.488 e. The van der Waals surface area contributed by atoms with Crippen molar-refractivity contribution in [1.29, 1.82) is 5.26 Å². The number of hydrogen-bond acceptors (Lipinski definition) is 4. The number of benzene rings is 3. The third-order valence-electron chi connectivity index (χ3n) is 4.38. The van der Waals surface area contributed by atoms with Crippen LogP contribution in [0, 0.1) is 11.3 Å². The average Bonchev–Trinajstić information content (AvgIpc) is 2.77. The maximum Gasteiger partial charge on any atom is 0.335 e. The molecule has 0 atom stereocenters. The van der Waals surface area contributed by atoms with E-state index < -0.39 is 11.9 Å². The van der Waals surface area contributed by atoms with E-state index in [2.05, 4.69) is 6.07 Å². The van der Waals surface area contributed by atoms with Crippen molar-refractivity contribution in [2.75, 3.05) is 0 Å². The molecule has 0 aromatic heterocycles. The van der Waals surface area contributed by atoms with Gasteiger partial charge in [-0.1, -0.05) is 42.5 Å². The molecule has 0 aliphatic carbocycles. The topological polar surface area (TPSA) is 108 Å². The Hall–Kier alpha value is -4.37. The van der Waals surface area contributed by atoms with Gasteiger partial charge in [0.05, 0.1) is 22.8 Å². The van der Waals surface area contributed by atoms with Crippen molar-refractivity contribution < 1.29 is 24.5 Å². The number of carboxylic acid groups (broad SMARTS) is 2. The van der Waals surface area contributed by atoms with Gasteiger partial charge in [-0.3, -0.25) is 0 Å². The Morgan fingerprint density at radius 1 is 0.833 bits per heavy atom. The van der Waals surface area contributed by atoms with Crippen LogP contribution in [0.4, 0.5) is 0 Å². The molecule has 6 heteroatoms. The Bertz CT molecular complexity index is 1140. The van der Waals surface area contributed by atoms with Crippen LogP contribution in [-0.2, 0) is 6.61 Å². The van der Waals surface area contributed by atoms with Crippen LogP contribution in [0.15, 0.2) is 72.8 Å². The largest absolute Gasteiger partial charge is 0.488 e. The lowest BCUT2D eigenvalue weighted by atomic mass is 10.0. The van der Waals surface area contributed by atoms with Crippen molar-refractivity contribution in [3.63, 3.8) is 0 Å². The van der Waals surface area contributed by atoms with Crippen molar-refractivity contribution in [2.45, 2.75) is 6.61 Å².